The Morgan fingerprint density at radius 2 is 2.14 bits per heavy atom. The number of likely N-dealkylation sites (N-methyl/N-ethyl adjacent to an activating group) is 1. The lowest BCUT2D eigenvalue weighted by Gasteiger charge is -2.32. The molecule has 22 heavy (non-hydrogen) atoms. The summed E-state index contributed by atoms with van der Waals surface area (Å²) in [7, 11) is 3.99. The fourth-order valence-corrected chi connectivity index (χ4v) is 3.57. The van der Waals surface area contributed by atoms with Crippen LogP contribution in [0.15, 0.2) is 30.3 Å². The molecule has 1 aliphatic heterocycles. The molecular formula is C18H28N2OS. The van der Waals surface area contributed by atoms with E-state index < -0.39 is 0 Å². The van der Waals surface area contributed by atoms with Gasteiger partial charge in [-0.3, -0.25) is 0 Å². The number of nitrogens with one attached hydrogen (secondary N) is 1. The fourth-order valence-electron chi connectivity index (χ4n) is 3.33. The highest BCUT2D eigenvalue weighted by Crippen LogP contribution is 2.25. The van der Waals surface area contributed by atoms with Gasteiger partial charge in [0.15, 0.2) is 0 Å². The Hall–Kier alpha value is -0.970. The minimum atomic E-state index is 0.171. The first-order valence-electron chi connectivity index (χ1n) is 8.18. The van der Waals surface area contributed by atoms with Crippen molar-refractivity contribution in [3.8, 4) is 0 Å². The summed E-state index contributed by atoms with van der Waals surface area (Å²) in [4.78, 5) is 3.32. The number of thiocarbonyl (C=S) groups is 1. The van der Waals surface area contributed by atoms with Crippen LogP contribution >= 0.6 is 12.2 Å². The number of benzene rings is 1. The Morgan fingerprint density at radius 3 is 2.73 bits per heavy atom. The van der Waals surface area contributed by atoms with Crippen molar-refractivity contribution in [1.29, 1.82) is 0 Å². The molecule has 1 aromatic rings. The molecule has 0 spiro atoms. The SMILES string of the molecule is COC(C(C)C(=S)NCCc1ccccc1)C1CCCN1C. The van der Waals surface area contributed by atoms with Gasteiger partial charge in [0.05, 0.1) is 11.1 Å². The summed E-state index contributed by atoms with van der Waals surface area (Å²) < 4.78 is 5.78. The van der Waals surface area contributed by atoms with E-state index in [4.69, 9.17) is 17.0 Å². The zero-order valence-electron chi connectivity index (χ0n) is 13.9. The van der Waals surface area contributed by atoms with Gasteiger partial charge in [0.25, 0.3) is 0 Å². The van der Waals surface area contributed by atoms with Crippen LogP contribution in [0.5, 0.6) is 0 Å². The van der Waals surface area contributed by atoms with Crippen LogP contribution in [0, 0.1) is 5.92 Å². The van der Waals surface area contributed by atoms with Gasteiger partial charge in [0.2, 0.25) is 0 Å². The molecule has 1 aromatic carbocycles. The maximum absolute atomic E-state index is 5.78. The number of rotatable bonds is 7. The summed E-state index contributed by atoms with van der Waals surface area (Å²) in [5.41, 5.74) is 1.34. The maximum Gasteiger partial charge on any atom is 0.0814 e. The van der Waals surface area contributed by atoms with Gasteiger partial charge in [-0.25, -0.2) is 0 Å². The van der Waals surface area contributed by atoms with Crippen molar-refractivity contribution in [2.24, 2.45) is 5.92 Å². The molecule has 0 aliphatic carbocycles. The lowest BCUT2D eigenvalue weighted by Crippen LogP contribution is -2.46. The topological polar surface area (TPSA) is 24.5 Å². The molecule has 3 unspecified atom stereocenters. The molecule has 1 aliphatic rings. The van der Waals surface area contributed by atoms with E-state index in [9.17, 15) is 0 Å². The molecule has 2 rings (SSSR count). The Labute approximate surface area is 140 Å². The molecule has 1 heterocycles. The first-order chi connectivity index (χ1) is 10.6. The lowest BCUT2D eigenvalue weighted by molar-refractivity contribution is 0.0204. The third kappa shape index (κ3) is 4.51. The fraction of sp³-hybridized carbons (Fsp3) is 0.611. The second-order valence-electron chi connectivity index (χ2n) is 6.21. The predicted octanol–water partition coefficient (Wildman–Crippen LogP) is 2.89. The normalized spacial score (nSPS) is 21.5. The Kier molecular flexibility index (Phi) is 6.80. The van der Waals surface area contributed by atoms with E-state index in [1.807, 2.05) is 6.07 Å². The average Bonchev–Trinajstić information content (AvgIpc) is 2.95. The van der Waals surface area contributed by atoms with Crippen molar-refractivity contribution in [1.82, 2.24) is 10.2 Å². The Morgan fingerprint density at radius 1 is 1.41 bits per heavy atom. The summed E-state index contributed by atoms with van der Waals surface area (Å²) in [5.74, 6) is 0.237. The zero-order valence-corrected chi connectivity index (χ0v) is 14.7. The van der Waals surface area contributed by atoms with E-state index in [0.29, 0.717) is 6.04 Å². The van der Waals surface area contributed by atoms with Crippen molar-refractivity contribution in [2.45, 2.75) is 38.3 Å². The first kappa shape index (κ1) is 17.4. The molecule has 1 fully saturated rings. The third-order valence-electron chi connectivity index (χ3n) is 4.69. The Balaban J connectivity index is 1.82. The second kappa shape index (κ2) is 8.61. The van der Waals surface area contributed by atoms with Crippen LogP contribution in [0.3, 0.4) is 0 Å². The number of likely N-dealkylation sites (tertiary alicyclic amines) is 1. The lowest BCUT2D eigenvalue weighted by atomic mass is 9.95. The van der Waals surface area contributed by atoms with Crippen LogP contribution in [0.2, 0.25) is 0 Å². The van der Waals surface area contributed by atoms with Crippen molar-refractivity contribution < 1.29 is 4.74 Å². The van der Waals surface area contributed by atoms with Crippen LogP contribution in [-0.2, 0) is 11.2 Å². The maximum atomic E-state index is 5.78. The quantitative estimate of drug-likeness (QED) is 0.781. The van der Waals surface area contributed by atoms with Crippen molar-refractivity contribution in [3.63, 3.8) is 0 Å². The number of methoxy groups -OCH3 is 1. The molecule has 3 nitrogen and oxygen atoms in total. The smallest absolute Gasteiger partial charge is 0.0814 e. The summed E-state index contributed by atoms with van der Waals surface area (Å²) in [5, 5.41) is 3.42. The van der Waals surface area contributed by atoms with Crippen molar-refractivity contribution in [3.05, 3.63) is 35.9 Å². The highest BCUT2D eigenvalue weighted by molar-refractivity contribution is 7.80. The van der Waals surface area contributed by atoms with Gasteiger partial charge < -0.3 is 15.0 Å². The molecule has 0 saturated carbocycles. The molecule has 4 heteroatoms. The van der Waals surface area contributed by atoms with E-state index >= 15 is 0 Å². The van der Waals surface area contributed by atoms with Crippen LogP contribution in [0.25, 0.3) is 0 Å². The number of nitrogens with zero attached hydrogens (tertiary/aromatic N) is 1. The zero-order chi connectivity index (χ0) is 15.9. The van der Waals surface area contributed by atoms with Gasteiger partial charge in [-0.1, -0.05) is 49.5 Å². The predicted molar refractivity (Wildman–Crippen MR) is 96.4 cm³/mol. The molecule has 0 aromatic heterocycles. The van der Waals surface area contributed by atoms with Gasteiger partial charge in [-0.2, -0.15) is 0 Å². The van der Waals surface area contributed by atoms with Crippen LogP contribution in [0.1, 0.15) is 25.3 Å². The molecule has 3 atom stereocenters. The third-order valence-corrected chi connectivity index (χ3v) is 5.21. The summed E-state index contributed by atoms with van der Waals surface area (Å²) in [6.07, 6.45) is 3.62. The molecule has 1 saturated heterocycles. The van der Waals surface area contributed by atoms with Gasteiger partial charge in [0.1, 0.15) is 0 Å². The Bertz CT molecular complexity index is 465. The minimum absolute atomic E-state index is 0.171. The van der Waals surface area contributed by atoms with Gasteiger partial charge in [-0.05, 0) is 38.4 Å². The van der Waals surface area contributed by atoms with E-state index in [0.717, 1.165) is 24.5 Å². The molecule has 1 N–H and O–H groups in total. The van der Waals surface area contributed by atoms with Crippen LogP contribution in [0.4, 0.5) is 0 Å². The highest BCUT2D eigenvalue weighted by atomic mass is 32.1. The van der Waals surface area contributed by atoms with Crippen molar-refractivity contribution in [2.75, 3.05) is 27.2 Å². The summed E-state index contributed by atoms with van der Waals surface area (Å²) >= 11 is 5.60. The molecule has 0 radical (unpaired) electrons. The second-order valence-corrected chi connectivity index (χ2v) is 6.65. The highest BCUT2D eigenvalue weighted by Gasteiger charge is 2.34. The number of hydrogen-bond acceptors (Lipinski definition) is 3. The van der Waals surface area contributed by atoms with Crippen molar-refractivity contribution >= 4 is 17.2 Å². The van der Waals surface area contributed by atoms with E-state index in [2.05, 4.69) is 48.5 Å². The molecule has 0 bridgehead atoms. The minimum Gasteiger partial charge on any atom is -0.379 e. The largest absolute Gasteiger partial charge is 0.379 e. The monoisotopic (exact) mass is 320 g/mol. The average molecular weight is 321 g/mol. The summed E-state index contributed by atoms with van der Waals surface area (Å²) in [6, 6.07) is 11.0. The number of ether oxygens (including phenoxy) is 1. The molecule has 0 amide bonds. The van der Waals surface area contributed by atoms with E-state index in [-0.39, 0.29) is 12.0 Å². The standard InChI is InChI=1S/C18H28N2OS/c1-14(17(21-3)16-10-7-13-20(16)2)18(22)19-12-11-15-8-5-4-6-9-15/h4-6,8-9,14,16-17H,7,10-13H2,1-3H3,(H,19,22). The van der Waals surface area contributed by atoms with E-state index in [1.54, 1.807) is 7.11 Å². The van der Waals surface area contributed by atoms with E-state index in [1.165, 1.54) is 18.4 Å². The van der Waals surface area contributed by atoms with Gasteiger partial charge >= 0.3 is 0 Å². The van der Waals surface area contributed by atoms with Gasteiger partial charge in [0, 0.05) is 25.6 Å². The van der Waals surface area contributed by atoms with Crippen LogP contribution in [-0.4, -0.2) is 49.3 Å². The number of hydrogen-bond donors (Lipinski definition) is 1. The summed E-state index contributed by atoms with van der Waals surface area (Å²) in [6.45, 7) is 4.22. The van der Waals surface area contributed by atoms with Crippen LogP contribution < -0.4 is 5.32 Å². The molecular weight excluding hydrogens is 292 g/mol. The van der Waals surface area contributed by atoms with Gasteiger partial charge in [-0.15, -0.1) is 0 Å². The molecule has 122 valence electrons. The first-order valence-corrected chi connectivity index (χ1v) is 8.59.